The molecule has 8 rings (SSSR count). The lowest BCUT2D eigenvalue weighted by Crippen LogP contribution is -2.62. The molecule has 3 saturated heterocycles. The number of rotatable bonds is 8. The first-order chi connectivity index (χ1) is 32.7. The summed E-state index contributed by atoms with van der Waals surface area (Å²) in [5.41, 5.74) is 9.52. The molecule has 2 aromatic heterocycles. The van der Waals surface area contributed by atoms with Crippen LogP contribution in [0.2, 0.25) is 0 Å². The lowest BCUT2D eigenvalue weighted by Gasteiger charge is -2.37. The number of likely N-dealkylation sites (tertiary alicyclic amines) is 1. The fraction of sp³-hybridized carbons (Fsp3) is 0.519. The maximum Gasteiger partial charge on any atom is 0.324 e. The maximum atomic E-state index is 14.7. The summed E-state index contributed by atoms with van der Waals surface area (Å²) >= 11 is 0. The number of nitrogens with one attached hydrogen (secondary N) is 2. The number of aromatic nitrogens is 3. The summed E-state index contributed by atoms with van der Waals surface area (Å²) in [4.78, 5) is 84.3. The molecule has 0 saturated carbocycles. The number of benzene rings is 2. The van der Waals surface area contributed by atoms with Crippen LogP contribution in [0.25, 0.3) is 33.3 Å². The Hall–Kier alpha value is -6.15. The van der Waals surface area contributed by atoms with Crippen molar-refractivity contribution < 1.29 is 33.4 Å². The summed E-state index contributed by atoms with van der Waals surface area (Å²) in [6, 6.07) is 11.7. The van der Waals surface area contributed by atoms with Crippen LogP contribution in [-0.4, -0.2) is 148 Å². The Morgan fingerprint density at radius 3 is 2.50 bits per heavy atom. The van der Waals surface area contributed by atoms with Crippen molar-refractivity contribution in [1.29, 1.82) is 0 Å². The van der Waals surface area contributed by atoms with Crippen LogP contribution in [0.15, 0.2) is 61.2 Å². The number of carbonyl (C=O) groups excluding carboxylic acids is 5. The predicted molar refractivity (Wildman–Crippen MR) is 257 cm³/mol. The first-order valence-corrected chi connectivity index (χ1v) is 24.1. The van der Waals surface area contributed by atoms with Gasteiger partial charge in [-0.1, -0.05) is 63.9 Å². The number of likely N-dealkylation sites (N-methyl/N-ethyl adjacent to an activating group) is 1. The van der Waals surface area contributed by atoms with Crippen LogP contribution in [-0.2, 0) is 52.8 Å². The molecular weight excluding hydrogens is 863 g/mol. The highest BCUT2D eigenvalue weighted by Gasteiger charge is 2.40. The summed E-state index contributed by atoms with van der Waals surface area (Å²) in [5.74, 6) is 3.01. The van der Waals surface area contributed by atoms with Crippen LogP contribution in [0.4, 0.5) is 0 Å². The van der Waals surface area contributed by atoms with Crippen LogP contribution in [0, 0.1) is 29.1 Å². The van der Waals surface area contributed by atoms with E-state index in [2.05, 4.69) is 87.1 Å². The average Bonchev–Trinajstić information content (AvgIpc) is 3.96. The van der Waals surface area contributed by atoms with Crippen LogP contribution < -0.4 is 10.7 Å². The van der Waals surface area contributed by atoms with Crippen molar-refractivity contribution in [2.75, 3.05) is 66.1 Å². The molecule has 16 nitrogen and oxygen atoms in total. The van der Waals surface area contributed by atoms with E-state index >= 15 is 0 Å². The lowest BCUT2D eigenvalue weighted by atomic mass is 9.84. The van der Waals surface area contributed by atoms with Gasteiger partial charge in [0.2, 0.25) is 11.8 Å². The fourth-order valence-electron chi connectivity index (χ4n) is 10.2. The number of nitrogens with zero attached hydrogens (tertiary/aromatic N) is 7. The normalized spacial score (nSPS) is 21.7. The summed E-state index contributed by atoms with van der Waals surface area (Å²) in [5, 5.41) is 5.58. The second kappa shape index (κ2) is 21.0. The summed E-state index contributed by atoms with van der Waals surface area (Å²) in [6.45, 7) is 15.1. The number of cyclic esters (lactones) is 1. The van der Waals surface area contributed by atoms with Gasteiger partial charge >= 0.3 is 5.97 Å². The van der Waals surface area contributed by atoms with Gasteiger partial charge in [0.05, 0.1) is 38.0 Å². The van der Waals surface area contributed by atoms with Crippen molar-refractivity contribution in [2.45, 2.75) is 91.4 Å². The molecule has 4 aliphatic rings. The van der Waals surface area contributed by atoms with E-state index < -0.39 is 47.2 Å². The van der Waals surface area contributed by atoms with Crippen molar-refractivity contribution in [3.8, 4) is 34.2 Å². The van der Waals surface area contributed by atoms with Crippen molar-refractivity contribution in [1.82, 2.24) is 45.0 Å². The Morgan fingerprint density at radius 1 is 0.985 bits per heavy atom. The lowest BCUT2D eigenvalue weighted by molar-refractivity contribution is -0.155. The monoisotopic (exact) mass is 928 g/mol. The molecule has 4 aliphatic heterocycles. The van der Waals surface area contributed by atoms with Gasteiger partial charge in [-0.25, -0.2) is 15.4 Å². The van der Waals surface area contributed by atoms with Crippen molar-refractivity contribution in [2.24, 2.45) is 17.3 Å². The van der Waals surface area contributed by atoms with Crippen LogP contribution in [0.3, 0.4) is 0 Å². The zero-order chi connectivity index (χ0) is 48.1. The van der Waals surface area contributed by atoms with Crippen molar-refractivity contribution in [3.63, 3.8) is 0 Å². The third-order valence-electron chi connectivity index (χ3n) is 13.7. The molecule has 6 heterocycles. The Labute approximate surface area is 399 Å². The van der Waals surface area contributed by atoms with E-state index in [0.717, 1.165) is 57.5 Å². The molecule has 4 atom stereocenters. The van der Waals surface area contributed by atoms with E-state index in [9.17, 15) is 24.0 Å². The number of hydrazine groups is 1. The number of fused-ring (bicyclic) bond motifs is 6. The first-order valence-electron chi connectivity index (χ1n) is 24.1. The van der Waals surface area contributed by atoms with Crippen LogP contribution >= 0.6 is 0 Å². The summed E-state index contributed by atoms with van der Waals surface area (Å²) in [6.07, 6.45) is 7.41. The zero-order valence-corrected chi connectivity index (χ0v) is 40.3. The Morgan fingerprint density at radius 2 is 1.75 bits per heavy atom. The highest BCUT2D eigenvalue weighted by Crippen LogP contribution is 2.40. The molecule has 4 aromatic rings. The number of hydrogen-bond donors (Lipinski definition) is 2. The number of ether oxygens (including phenoxy) is 2. The smallest absolute Gasteiger partial charge is 0.324 e. The predicted octanol–water partition coefficient (Wildman–Crippen LogP) is 4.10. The molecule has 6 bridgehead atoms. The van der Waals surface area contributed by atoms with E-state index in [-0.39, 0.29) is 37.3 Å². The van der Waals surface area contributed by atoms with E-state index in [1.807, 2.05) is 44.4 Å². The standard InChI is InChI=1S/C52H65N9O7/c1-7-60-44-16-15-37-27-40(44)41(47(60)39-29-53-33-54-30-39)28-52(4,5)32-68-51(66)42-13-9-19-61(56-42)50(65)43(26-35-11-8-12-36(37)25-35)55-48(63)46(34(2)3)57(6)49(64)38-17-20-59(31-38)45(62)14-10-18-58-21-23-67-24-22-58/h8,11-12,15-16,25,27,29-30,33-34,38,42-43,46,56H,7,9,13,17-24,26,28,31-32H2,1-6H3,(H,55,63)/t38-,42-,43-,46-/m0/s1. The zero-order valence-electron chi connectivity index (χ0n) is 40.3. The first kappa shape index (κ1) is 48.3. The van der Waals surface area contributed by atoms with Crippen LogP contribution in [0.1, 0.15) is 65.0 Å². The highest BCUT2D eigenvalue weighted by atomic mass is 16.5. The summed E-state index contributed by atoms with van der Waals surface area (Å²) < 4.78 is 13.8. The molecule has 3 fully saturated rings. The molecule has 68 heavy (non-hydrogen) atoms. The maximum absolute atomic E-state index is 14.7. The van der Waals surface area contributed by atoms with E-state index in [4.69, 9.17) is 9.47 Å². The largest absolute Gasteiger partial charge is 0.464 e. The van der Waals surface area contributed by atoms with Crippen molar-refractivity contribution >= 4 is 40.5 Å². The minimum absolute atomic E-state index is 0.142. The molecule has 0 aliphatic carbocycles. The number of aryl methyl sites for hydroxylation is 1. The fourth-order valence-corrected chi connectivity index (χ4v) is 10.2. The number of esters is 1. The van der Waals surface area contributed by atoms with E-state index in [1.165, 1.54) is 16.2 Å². The SMILES string of the molecule is CCn1c(-c2cncnc2)c2c3cc(ccc31)-c1cccc(c1)C[C@H](NC(=O)[C@H](C(C)C)N(C)C(=O)[C@H]1CCN(C(=O)C#CCN3CCOCC3)C1)C(=O)N1CCC[C@H](N1)C(=O)OCC(C)(C)C2. The van der Waals surface area contributed by atoms with Crippen LogP contribution in [0.5, 0.6) is 0 Å². The number of morpholine rings is 1. The van der Waals surface area contributed by atoms with Gasteiger partial charge in [-0.3, -0.25) is 33.9 Å². The molecule has 0 spiro atoms. The topological polar surface area (TPSA) is 172 Å². The second-order valence-corrected chi connectivity index (χ2v) is 19.7. The quantitative estimate of drug-likeness (QED) is 0.193. The van der Waals surface area contributed by atoms with Gasteiger partial charge in [0.15, 0.2) is 0 Å². The molecule has 16 heteroatoms. The third kappa shape index (κ3) is 10.8. The molecule has 0 radical (unpaired) electrons. The average molecular weight is 928 g/mol. The van der Waals surface area contributed by atoms with Gasteiger partial charge in [-0.2, -0.15) is 0 Å². The molecule has 2 N–H and O–H groups in total. The minimum atomic E-state index is -1.05. The Bertz CT molecular complexity index is 2580. The van der Waals surface area contributed by atoms with E-state index in [1.54, 1.807) is 11.9 Å². The van der Waals surface area contributed by atoms with Gasteiger partial charge in [0, 0.05) is 87.0 Å². The third-order valence-corrected chi connectivity index (χ3v) is 13.7. The van der Waals surface area contributed by atoms with Gasteiger partial charge in [-0.05, 0) is 78.8 Å². The molecular formula is C52H65N9O7. The molecule has 4 amide bonds. The number of amides is 4. The van der Waals surface area contributed by atoms with Gasteiger partial charge in [-0.15, -0.1) is 0 Å². The summed E-state index contributed by atoms with van der Waals surface area (Å²) in [7, 11) is 1.62. The molecule has 0 unspecified atom stereocenters. The van der Waals surface area contributed by atoms with Crippen molar-refractivity contribution in [3.05, 3.63) is 72.3 Å². The molecule has 360 valence electrons. The van der Waals surface area contributed by atoms with Gasteiger partial charge in [0.25, 0.3) is 11.8 Å². The van der Waals surface area contributed by atoms with Gasteiger partial charge < -0.3 is 29.2 Å². The second-order valence-electron chi connectivity index (χ2n) is 19.7. The minimum Gasteiger partial charge on any atom is -0.464 e. The molecule has 2 aromatic carbocycles. The Kier molecular flexibility index (Phi) is 14.9. The number of hydrogen-bond acceptors (Lipinski definition) is 11. The number of carbonyl (C=O) groups is 5. The van der Waals surface area contributed by atoms with Gasteiger partial charge in [0.1, 0.15) is 24.5 Å². The Balaban J connectivity index is 1.07. The highest BCUT2D eigenvalue weighted by molar-refractivity contribution is 5.96. The van der Waals surface area contributed by atoms with E-state index in [0.29, 0.717) is 65.1 Å².